The third-order valence-electron chi connectivity index (χ3n) is 4.97. The van der Waals surface area contributed by atoms with Crippen molar-refractivity contribution in [3.8, 4) is 0 Å². The molecule has 0 bridgehead atoms. The highest BCUT2D eigenvalue weighted by Crippen LogP contribution is 2.37. The molecular formula is C19H22IN3O2. The fraction of sp³-hybridized carbons (Fsp3) is 0.368. The van der Waals surface area contributed by atoms with Crippen molar-refractivity contribution >= 4 is 28.3 Å². The zero-order valence-corrected chi connectivity index (χ0v) is 16.1. The molecule has 0 aromatic heterocycles. The van der Waals surface area contributed by atoms with Gasteiger partial charge in [0, 0.05) is 17.7 Å². The van der Waals surface area contributed by atoms with Crippen LogP contribution in [0.25, 0.3) is 0 Å². The van der Waals surface area contributed by atoms with E-state index in [-0.39, 0.29) is 22.6 Å². The highest BCUT2D eigenvalue weighted by molar-refractivity contribution is 14.1. The molecule has 132 valence electrons. The molecule has 5 nitrogen and oxygen atoms in total. The first-order chi connectivity index (χ1) is 12.1. The molecular weight excluding hydrogens is 429 g/mol. The molecule has 1 aliphatic heterocycles. The predicted octanol–water partition coefficient (Wildman–Crippen LogP) is 4.44. The number of nitrogens with two attached hydrogens (primary N) is 1. The van der Waals surface area contributed by atoms with Crippen molar-refractivity contribution in [2.45, 2.75) is 22.9 Å². The molecule has 0 saturated carbocycles. The summed E-state index contributed by atoms with van der Waals surface area (Å²) < 4.78 is 0.349. The van der Waals surface area contributed by atoms with E-state index in [1.165, 1.54) is 5.56 Å². The molecule has 2 unspecified atom stereocenters. The largest absolute Gasteiger partial charge is 0.323 e. The molecule has 3 rings (SSSR count). The number of hydrogen-bond donors (Lipinski definition) is 1. The topological polar surface area (TPSA) is 72.4 Å². The second kappa shape index (κ2) is 8.25. The Labute approximate surface area is 161 Å². The summed E-state index contributed by atoms with van der Waals surface area (Å²) in [6, 6.07) is 17.0. The van der Waals surface area contributed by atoms with Crippen LogP contribution in [0, 0.1) is 16.0 Å². The van der Waals surface area contributed by atoms with Crippen molar-refractivity contribution in [2.24, 2.45) is 11.7 Å². The molecule has 0 radical (unpaired) electrons. The molecule has 1 aliphatic rings. The Balaban J connectivity index is 1.65. The van der Waals surface area contributed by atoms with Gasteiger partial charge in [-0.25, -0.2) is 0 Å². The van der Waals surface area contributed by atoms with Crippen LogP contribution in [0.1, 0.15) is 34.1 Å². The number of nitrogens with zero attached hydrogens (tertiary/aromatic N) is 2. The monoisotopic (exact) mass is 451 g/mol. The van der Waals surface area contributed by atoms with Crippen molar-refractivity contribution in [1.82, 2.24) is 4.90 Å². The maximum absolute atomic E-state index is 11.2. The zero-order valence-electron chi connectivity index (χ0n) is 13.9. The van der Waals surface area contributed by atoms with Crippen LogP contribution < -0.4 is 5.73 Å². The number of para-hydroxylation sites is 1. The first-order valence-electron chi connectivity index (χ1n) is 8.50. The second-order valence-electron chi connectivity index (χ2n) is 6.46. The van der Waals surface area contributed by atoms with Gasteiger partial charge >= 0.3 is 0 Å². The number of likely N-dealkylation sites (tertiary alicyclic amines) is 1. The molecule has 1 heterocycles. The summed E-state index contributed by atoms with van der Waals surface area (Å²) in [5.74, 6) is 0.275. The molecule has 2 aromatic carbocycles. The van der Waals surface area contributed by atoms with Crippen LogP contribution in [0.4, 0.5) is 5.69 Å². The van der Waals surface area contributed by atoms with E-state index in [9.17, 15) is 10.1 Å². The normalized spacial score (nSPS) is 18.6. The predicted molar refractivity (Wildman–Crippen MR) is 108 cm³/mol. The van der Waals surface area contributed by atoms with E-state index in [1.807, 2.05) is 12.1 Å². The minimum absolute atomic E-state index is 0.133. The lowest BCUT2D eigenvalue weighted by atomic mass is 9.85. The Kier molecular flexibility index (Phi) is 6.03. The maximum Gasteiger partial charge on any atom is 0.274 e. The fourth-order valence-corrected chi connectivity index (χ4v) is 4.49. The second-order valence-corrected chi connectivity index (χ2v) is 7.64. The van der Waals surface area contributed by atoms with Crippen LogP contribution in [0.2, 0.25) is 0 Å². The van der Waals surface area contributed by atoms with Gasteiger partial charge in [0.2, 0.25) is 0 Å². The van der Waals surface area contributed by atoms with Gasteiger partial charge in [-0.3, -0.25) is 15.0 Å². The van der Waals surface area contributed by atoms with E-state index in [0.717, 1.165) is 25.9 Å². The summed E-state index contributed by atoms with van der Waals surface area (Å²) in [6.45, 7) is 1.92. The molecule has 1 saturated heterocycles. The highest BCUT2D eigenvalue weighted by Gasteiger charge is 2.31. The summed E-state index contributed by atoms with van der Waals surface area (Å²) in [4.78, 5) is 13.4. The van der Waals surface area contributed by atoms with Gasteiger partial charge in [-0.1, -0.05) is 71.1 Å². The Morgan fingerprint density at radius 2 is 1.68 bits per heavy atom. The molecule has 2 N–H and O–H groups in total. The van der Waals surface area contributed by atoms with E-state index in [4.69, 9.17) is 5.73 Å². The lowest BCUT2D eigenvalue weighted by Gasteiger charge is -2.37. The minimum atomic E-state index is -0.333. The SMILES string of the molecule is NC(c1ccccc1[N+](=O)[O-])C1CCN(C(I)c2ccccc2)CC1. The molecule has 0 aliphatic carbocycles. The van der Waals surface area contributed by atoms with Gasteiger partial charge in [0.05, 0.1) is 8.97 Å². The Morgan fingerprint density at radius 1 is 1.08 bits per heavy atom. The van der Waals surface area contributed by atoms with Crippen molar-refractivity contribution in [1.29, 1.82) is 0 Å². The van der Waals surface area contributed by atoms with Crippen molar-refractivity contribution in [3.05, 3.63) is 75.8 Å². The van der Waals surface area contributed by atoms with Gasteiger partial charge in [-0.2, -0.15) is 0 Å². The molecule has 6 heteroatoms. The number of rotatable bonds is 5. The van der Waals surface area contributed by atoms with Gasteiger partial charge in [-0.05, 0) is 37.4 Å². The Morgan fingerprint density at radius 3 is 2.32 bits per heavy atom. The quantitative estimate of drug-likeness (QED) is 0.240. The number of nitro benzene ring substituents is 1. The third-order valence-corrected chi connectivity index (χ3v) is 6.48. The molecule has 2 aromatic rings. The van der Waals surface area contributed by atoms with Crippen LogP contribution in [-0.4, -0.2) is 22.9 Å². The molecule has 0 spiro atoms. The first kappa shape index (κ1) is 18.3. The summed E-state index contributed by atoms with van der Waals surface area (Å²) in [7, 11) is 0. The number of halogens is 1. The number of benzene rings is 2. The smallest absolute Gasteiger partial charge is 0.274 e. The molecule has 1 fully saturated rings. The van der Waals surface area contributed by atoms with E-state index in [0.29, 0.717) is 9.61 Å². The maximum atomic E-state index is 11.2. The third kappa shape index (κ3) is 4.19. The number of piperidine rings is 1. The molecule has 2 atom stereocenters. The standard InChI is InChI=1S/C19H22IN3O2/c20-19(15-6-2-1-3-7-15)22-12-10-14(11-13-22)18(21)16-8-4-5-9-17(16)23(24)25/h1-9,14,18-19H,10-13,21H2. The van der Waals surface area contributed by atoms with Crippen molar-refractivity contribution in [2.75, 3.05) is 13.1 Å². The number of alkyl halides is 1. The average Bonchev–Trinajstić information content (AvgIpc) is 2.67. The van der Waals surface area contributed by atoms with E-state index in [1.54, 1.807) is 18.2 Å². The Bertz CT molecular complexity index is 718. The van der Waals surface area contributed by atoms with Crippen LogP contribution in [0.15, 0.2) is 54.6 Å². The zero-order chi connectivity index (χ0) is 17.8. The van der Waals surface area contributed by atoms with Gasteiger partial charge in [0.25, 0.3) is 5.69 Å². The van der Waals surface area contributed by atoms with E-state index < -0.39 is 0 Å². The fourth-order valence-electron chi connectivity index (χ4n) is 3.52. The van der Waals surface area contributed by atoms with Crippen LogP contribution in [-0.2, 0) is 0 Å². The minimum Gasteiger partial charge on any atom is -0.323 e. The van der Waals surface area contributed by atoms with E-state index in [2.05, 4.69) is 51.8 Å². The lowest BCUT2D eigenvalue weighted by molar-refractivity contribution is -0.385. The number of nitro groups is 1. The van der Waals surface area contributed by atoms with E-state index >= 15 is 0 Å². The van der Waals surface area contributed by atoms with Crippen LogP contribution in [0.3, 0.4) is 0 Å². The highest BCUT2D eigenvalue weighted by atomic mass is 127. The van der Waals surface area contributed by atoms with Gasteiger partial charge in [-0.15, -0.1) is 0 Å². The van der Waals surface area contributed by atoms with Crippen LogP contribution >= 0.6 is 22.6 Å². The number of hydrogen-bond acceptors (Lipinski definition) is 4. The summed E-state index contributed by atoms with van der Waals surface area (Å²) in [5.41, 5.74) is 8.51. The van der Waals surface area contributed by atoms with Crippen LogP contribution in [0.5, 0.6) is 0 Å². The summed E-state index contributed by atoms with van der Waals surface area (Å²) in [6.07, 6.45) is 1.92. The van der Waals surface area contributed by atoms with Gasteiger partial charge < -0.3 is 5.73 Å². The summed E-state index contributed by atoms with van der Waals surface area (Å²) in [5, 5.41) is 11.2. The first-order valence-corrected chi connectivity index (χ1v) is 9.74. The molecule has 25 heavy (non-hydrogen) atoms. The van der Waals surface area contributed by atoms with Gasteiger partial charge in [0.1, 0.15) is 0 Å². The molecule has 0 amide bonds. The van der Waals surface area contributed by atoms with Gasteiger partial charge in [0.15, 0.2) is 0 Å². The lowest BCUT2D eigenvalue weighted by Crippen LogP contribution is -2.38. The van der Waals surface area contributed by atoms with Crippen molar-refractivity contribution < 1.29 is 4.92 Å². The Hall–Kier alpha value is -1.51. The average molecular weight is 451 g/mol. The summed E-state index contributed by atoms with van der Waals surface area (Å²) >= 11 is 2.48. The van der Waals surface area contributed by atoms with Crippen molar-refractivity contribution in [3.63, 3.8) is 0 Å².